The monoisotopic (exact) mass is 317 g/mol. The van der Waals surface area contributed by atoms with E-state index in [1.807, 2.05) is 0 Å². The molecule has 4 atom stereocenters. The van der Waals surface area contributed by atoms with Crippen molar-refractivity contribution in [1.29, 1.82) is 0 Å². The number of hydrazine groups is 1. The molecule has 2 heterocycles. The lowest BCUT2D eigenvalue weighted by atomic mass is 9.87. The molecule has 0 aliphatic carbocycles. The number of piperidine rings is 1. The van der Waals surface area contributed by atoms with Crippen molar-refractivity contribution >= 4 is 0 Å². The van der Waals surface area contributed by atoms with Gasteiger partial charge in [0, 0.05) is 25.1 Å². The van der Waals surface area contributed by atoms with Gasteiger partial charge in [0.15, 0.2) is 0 Å². The Balaban J connectivity index is 1.70. The molecule has 4 heteroatoms. The van der Waals surface area contributed by atoms with E-state index >= 15 is 0 Å². The average Bonchev–Trinajstić information content (AvgIpc) is 2.96. The Kier molecular flexibility index (Phi) is 5.70. The van der Waals surface area contributed by atoms with Gasteiger partial charge < -0.3 is 4.74 Å². The first-order valence-corrected chi connectivity index (χ1v) is 9.04. The predicted octanol–water partition coefficient (Wildman–Crippen LogP) is 2.83. The van der Waals surface area contributed by atoms with Crippen LogP contribution in [0.2, 0.25) is 0 Å². The second-order valence-corrected chi connectivity index (χ2v) is 7.10. The van der Waals surface area contributed by atoms with Gasteiger partial charge in [0.25, 0.3) is 0 Å². The van der Waals surface area contributed by atoms with Crippen LogP contribution in [0.15, 0.2) is 24.3 Å². The molecule has 2 N–H and O–H groups in total. The average molecular weight is 317 g/mol. The second-order valence-electron chi connectivity index (χ2n) is 7.10. The molecule has 0 spiro atoms. The first-order valence-electron chi connectivity index (χ1n) is 9.04. The minimum atomic E-state index is 0.334. The summed E-state index contributed by atoms with van der Waals surface area (Å²) in [6.45, 7) is 7.79. The molecule has 0 radical (unpaired) electrons. The van der Waals surface area contributed by atoms with Gasteiger partial charge in [-0.3, -0.25) is 15.8 Å². The summed E-state index contributed by atoms with van der Waals surface area (Å²) < 4.78 is 5.36. The van der Waals surface area contributed by atoms with Crippen LogP contribution < -0.4 is 10.9 Å². The summed E-state index contributed by atoms with van der Waals surface area (Å²) in [6, 6.07) is 10.5. The highest BCUT2D eigenvalue weighted by Crippen LogP contribution is 2.30. The van der Waals surface area contributed by atoms with Crippen LogP contribution in [0.3, 0.4) is 0 Å². The van der Waals surface area contributed by atoms with Crippen molar-refractivity contribution in [3.8, 4) is 0 Å². The summed E-state index contributed by atoms with van der Waals surface area (Å²) >= 11 is 0. The number of nitrogens with zero attached hydrogens (tertiary/aromatic N) is 1. The van der Waals surface area contributed by atoms with E-state index in [2.05, 4.69) is 53.9 Å². The van der Waals surface area contributed by atoms with Crippen molar-refractivity contribution in [3.63, 3.8) is 0 Å². The fourth-order valence-electron chi connectivity index (χ4n) is 4.13. The van der Waals surface area contributed by atoms with Crippen LogP contribution in [0.25, 0.3) is 0 Å². The molecule has 4 nitrogen and oxygen atoms in total. The van der Waals surface area contributed by atoms with E-state index in [0.29, 0.717) is 24.0 Å². The zero-order valence-electron chi connectivity index (χ0n) is 14.7. The Morgan fingerprint density at radius 3 is 2.48 bits per heavy atom. The van der Waals surface area contributed by atoms with E-state index in [9.17, 15) is 0 Å². The minimum Gasteiger partial charge on any atom is -0.383 e. The van der Waals surface area contributed by atoms with Crippen LogP contribution in [0.5, 0.6) is 0 Å². The number of methoxy groups -OCH3 is 1. The summed E-state index contributed by atoms with van der Waals surface area (Å²) in [6.07, 6.45) is 4.08. The molecule has 2 aliphatic heterocycles. The molecule has 23 heavy (non-hydrogen) atoms. The number of hydrogen-bond acceptors (Lipinski definition) is 4. The molecule has 128 valence electrons. The topological polar surface area (TPSA) is 36.5 Å². The maximum absolute atomic E-state index is 5.36. The Morgan fingerprint density at radius 1 is 1.13 bits per heavy atom. The van der Waals surface area contributed by atoms with Gasteiger partial charge in [-0.25, -0.2) is 0 Å². The van der Waals surface area contributed by atoms with Crippen LogP contribution in [0.4, 0.5) is 0 Å². The first kappa shape index (κ1) is 16.9. The van der Waals surface area contributed by atoms with Gasteiger partial charge in [-0.05, 0) is 50.9 Å². The third-order valence-electron chi connectivity index (χ3n) is 5.56. The first-order chi connectivity index (χ1) is 11.2. The van der Waals surface area contributed by atoms with E-state index in [1.54, 1.807) is 7.11 Å². The van der Waals surface area contributed by atoms with Gasteiger partial charge in [-0.2, -0.15) is 0 Å². The predicted molar refractivity (Wildman–Crippen MR) is 94.4 cm³/mol. The van der Waals surface area contributed by atoms with Crippen LogP contribution in [0.1, 0.15) is 56.2 Å². The lowest BCUT2D eigenvalue weighted by Gasteiger charge is -2.32. The number of benzene rings is 1. The zero-order chi connectivity index (χ0) is 16.2. The van der Waals surface area contributed by atoms with E-state index in [0.717, 1.165) is 6.61 Å². The summed E-state index contributed by atoms with van der Waals surface area (Å²) in [5, 5.41) is 0. The number of likely N-dealkylation sites (tertiary alicyclic amines) is 1. The van der Waals surface area contributed by atoms with Gasteiger partial charge in [-0.15, -0.1) is 0 Å². The van der Waals surface area contributed by atoms with Crippen LogP contribution in [-0.4, -0.2) is 43.8 Å². The third kappa shape index (κ3) is 3.77. The molecule has 0 amide bonds. The van der Waals surface area contributed by atoms with Crippen molar-refractivity contribution < 1.29 is 4.74 Å². The molecule has 2 fully saturated rings. The van der Waals surface area contributed by atoms with Crippen LogP contribution in [-0.2, 0) is 4.74 Å². The smallest absolute Gasteiger partial charge is 0.0636 e. The van der Waals surface area contributed by atoms with Gasteiger partial charge in [-0.1, -0.05) is 30.7 Å². The molecule has 2 saturated heterocycles. The quantitative estimate of drug-likeness (QED) is 0.875. The Bertz CT molecular complexity index is 482. The zero-order valence-corrected chi connectivity index (χ0v) is 14.7. The van der Waals surface area contributed by atoms with Gasteiger partial charge in [0.1, 0.15) is 0 Å². The van der Waals surface area contributed by atoms with Crippen LogP contribution in [0, 0.1) is 0 Å². The number of hydrogen-bond donors (Lipinski definition) is 2. The van der Waals surface area contributed by atoms with Crippen LogP contribution >= 0.6 is 0 Å². The highest BCUT2D eigenvalue weighted by molar-refractivity contribution is 5.30. The minimum absolute atomic E-state index is 0.334. The lowest BCUT2D eigenvalue weighted by Crippen LogP contribution is -2.35. The van der Waals surface area contributed by atoms with Crippen molar-refractivity contribution in [1.82, 2.24) is 15.8 Å². The van der Waals surface area contributed by atoms with E-state index < -0.39 is 0 Å². The Labute approximate surface area is 140 Å². The largest absolute Gasteiger partial charge is 0.383 e. The fourth-order valence-corrected chi connectivity index (χ4v) is 4.13. The molecule has 1 aromatic carbocycles. The third-order valence-corrected chi connectivity index (χ3v) is 5.56. The molecule has 3 rings (SSSR count). The molecule has 4 unspecified atom stereocenters. The van der Waals surface area contributed by atoms with Gasteiger partial charge >= 0.3 is 0 Å². The SMILES string of the molecule is COCC1NNC(C)C1c1ccc(C(C)N2CCCCC2)cc1. The standard InChI is InChI=1S/C19H31N3O/c1-14-19(18(13-23-3)21-20-14)17-9-7-16(8-10-17)15(2)22-11-5-4-6-12-22/h7-10,14-15,18-21H,4-6,11-13H2,1-3H3. The molecular formula is C19H31N3O. The van der Waals surface area contributed by atoms with E-state index in [1.165, 1.54) is 43.5 Å². The van der Waals surface area contributed by atoms with Gasteiger partial charge in [0.2, 0.25) is 0 Å². The summed E-state index contributed by atoms with van der Waals surface area (Å²) in [5.41, 5.74) is 9.55. The van der Waals surface area contributed by atoms with E-state index in [-0.39, 0.29) is 0 Å². The highest BCUT2D eigenvalue weighted by Gasteiger charge is 2.34. The maximum atomic E-state index is 5.36. The number of nitrogens with one attached hydrogen (secondary N) is 2. The van der Waals surface area contributed by atoms with Crippen molar-refractivity contribution in [2.24, 2.45) is 0 Å². The molecular weight excluding hydrogens is 286 g/mol. The van der Waals surface area contributed by atoms with Gasteiger partial charge in [0.05, 0.1) is 12.6 Å². The van der Waals surface area contributed by atoms with E-state index in [4.69, 9.17) is 4.74 Å². The van der Waals surface area contributed by atoms with Crippen molar-refractivity contribution in [3.05, 3.63) is 35.4 Å². The summed E-state index contributed by atoms with van der Waals surface area (Å²) in [4.78, 5) is 2.62. The van der Waals surface area contributed by atoms with Crippen molar-refractivity contribution in [2.75, 3.05) is 26.8 Å². The maximum Gasteiger partial charge on any atom is 0.0636 e. The normalized spacial score (nSPS) is 30.5. The molecule has 0 aromatic heterocycles. The summed E-state index contributed by atoms with van der Waals surface area (Å²) in [5.74, 6) is 0.453. The second kappa shape index (κ2) is 7.75. The Hall–Kier alpha value is -0.940. The number of ether oxygens (including phenoxy) is 1. The number of rotatable bonds is 5. The summed E-state index contributed by atoms with van der Waals surface area (Å²) in [7, 11) is 1.77. The molecule has 0 bridgehead atoms. The lowest BCUT2D eigenvalue weighted by molar-refractivity contribution is 0.165. The fraction of sp³-hybridized carbons (Fsp3) is 0.684. The highest BCUT2D eigenvalue weighted by atomic mass is 16.5. The molecule has 1 aromatic rings. The molecule has 0 saturated carbocycles. The molecule has 2 aliphatic rings. The Morgan fingerprint density at radius 2 is 1.83 bits per heavy atom. The van der Waals surface area contributed by atoms with Crippen molar-refractivity contribution in [2.45, 2.75) is 57.2 Å².